The zero-order valence-electron chi connectivity index (χ0n) is 41.2. The SMILES string of the molecule is C=C(C)c1ccc(N(c2ccc(C(C)C)cc2)c2c3ccc(C4(C)CCCCC4)cc3c(N(c3ccc(C(=C)C)cc3)c3ccc(C(C)C)cc3)c3cc(C4(C)CCCCC4)ccc23)cc1. The molecule has 0 unspecified atom stereocenters. The Morgan fingerprint density at radius 2 is 0.712 bits per heavy atom. The maximum atomic E-state index is 4.33. The lowest BCUT2D eigenvalue weighted by Crippen LogP contribution is -2.25. The number of nitrogens with zero attached hydrogens (tertiary/aromatic N) is 2. The number of rotatable bonds is 12. The second kappa shape index (κ2) is 18.4. The number of fused-ring (bicyclic) bond motifs is 2. The van der Waals surface area contributed by atoms with Crippen molar-refractivity contribution in [1.29, 1.82) is 0 Å². The molecule has 66 heavy (non-hydrogen) atoms. The van der Waals surface area contributed by atoms with Gasteiger partial charge in [-0.25, -0.2) is 0 Å². The number of hydrogen-bond donors (Lipinski definition) is 0. The van der Waals surface area contributed by atoms with Crippen molar-refractivity contribution < 1.29 is 0 Å². The van der Waals surface area contributed by atoms with Gasteiger partial charge in [0.1, 0.15) is 0 Å². The largest absolute Gasteiger partial charge is 0.309 e. The van der Waals surface area contributed by atoms with Crippen molar-refractivity contribution in [3.8, 4) is 0 Å². The molecule has 2 aliphatic rings. The van der Waals surface area contributed by atoms with Gasteiger partial charge in [-0.1, -0.05) is 177 Å². The lowest BCUT2D eigenvalue weighted by atomic mass is 9.70. The lowest BCUT2D eigenvalue weighted by molar-refractivity contribution is 0.320. The van der Waals surface area contributed by atoms with Crippen LogP contribution in [-0.2, 0) is 10.8 Å². The maximum absolute atomic E-state index is 4.33. The molecule has 0 heterocycles. The molecule has 9 rings (SSSR count). The highest BCUT2D eigenvalue weighted by atomic mass is 15.2. The van der Waals surface area contributed by atoms with Crippen LogP contribution in [0, 0.1) is 0 Å². The second-order valence-corrected chi connectivity index (χ2v) is 21.3. The molecule has 2 fully saturated rings. The number of benzene rings is 7. The maximum Gasteiger partial charge on any atom is 0.0620 e. The van der Waals surface area contributed by atoms with Crippen molar-refractivity contribution in [2.24, 2.45) is 0 Å². The van der Waals surface area contributed by atoms with Crippen LogP contribution in [0.4, 0.5) is 34.1 Å². The van der Waals surface area contributed by atoms with E-state index in [1.807, 2.05) is 0 Å². The van der Waals surface area contributed by atoms with Crippen molar-refractivity contribution in [3.63, 3.8) is 0 Å². The Morgan fingerprint density at radius 3 is 1.02 bits per heavy atom. The van der Waals surface area contributed by atoms with E-state index in [4.69, 9.17) is 0 Å². The van der Waals surface area contributed by atoms with Crippen LogP contribution < -0.4 is 9.80 Å². The third kappa shape index (κ3) is 8.65. The molecule has 7 aromatic rings. The monoisotopic (exact) mass is 869 g/mol. The molecule has 7 aromatic carbocycles. The summed E-state index contributed by atoms with van der Waals surface area (Å²) in [5, 5.41) is 5.06. The van der Waals surface area contributed by atoms with E-state index in [1.165, 1.54) is 119 Å². The van der Waals surface area contributed by atoms with Gasteiger partial charge in [0.25, 0.3) is 0 Å². The van der Waals surface area contributed by atoms with E-state index in [0.29, 0.717) is 11.8 Å². The summed E-state index contributed by atoms with van der Waals surface area (Å²) in [6, 6.07) is 52.2. The van der Waals surface area contributed by atoms with Crippen LogP contribution in [0.15, 0.2) is 147 Å². The first kappa shape index (κ1) is 45.3. The summed E-state index contributed by atoms with van der Waals surface area (Å²) in [5.41, 5.74) is 17.3. The van der Waals surface area contributed by atoms with Crippen LogP contribution in [0.5, 0.6) is 0 Å². The van der Waals surface area contributed by atoms with E-state index in [1.54, 1.807) is 0 Å². The predicted octanol–water partition coefficient (Wildman–Crippen LogP) is 19.7. The molecule has 0 atom stereocenters. The average Bonchev–Trinajstić information content (AvgIpc) is 3.33. The van der Waals surface area contributed by atoms with Gasteiger partial charge in [0.15, 0.2) is 0 Å². The Bertz CT molecular complexity index is 2780. The van der Waals surface area contributed by atoms with Crippen molar-refractivity contribution >= 4 is 66.8 Å². The Kier molecular flexibility index (Phi) is 12.7. The third-order valence-corrected chi connectivity index (χ3v) is 15.7. The smallest absolute Gasteiger partial charge is 0.0620 e. The minimum absolute atomic E-state index is 0.105. The van der Waals surface area contributed by atoms with Gasteiger partial charge in [0, 0.05) is 44.3 Å². The Hall–Kier alpha value is -5.86. The first-order valence-electron chi connectivity index (χ1n) is 25.1. The quantitative estimate of drug-likeness (QED) is 0.0892. The van der Waals surface area contributed by atoms with E-state index >= 15 is 0 Å². The van der Waals surface area contributed by atoms with Crippen molar-refractivity contribution in [3.05, 3.63) is 180 Å². The van der Waals surface area contributed by atoms with Gasteiger partial charge in [0.2, 0.25) is 0 Å². The fourth-order valence-corrected chi connectivity index (χ4v) is 11.3. The molecule has 2 saturated carbocycles. The summed E-state index contributed by atoms with van der Waals surface area (Å²) < 4.78 is 0. The molecule has 0 amide bonds. The van der Waals surface area contributed by atoms with Gasteiger partial charge in [-0.3, -0.25) is 0 Å². The van der Waals surface area contributed by atoms with Crippen LogP contribution >= 0.6 is 0 Å². The Labute approximate surface area is 397 Å². The molecule has 2 heteroatoms. The number of anilines is 6. The zero-order chi connectivity index (χ0) is 46.3. The van der Waals surface area contributed by atoms with E-state index in [9.17, 15) is 0 Å². The summed E-state index contributed by atoms with van der Waals surface area (Å²) in [4.78, 5) is 5.14. The highest BCUT2D eigenvalue weighted by molar-refractivity contribution is 6.23. The highest BCUT2D eigenvalue weighted by Crippen LogP contribution is 2.54. The molecule has 0 aromatic heterocycles. The van der Waals surface area contributed by atoms with Crippen molar-refractivity contribution in [1.82, 2.24) is 0 Å². The van der Waals surface area contributed by atoms with E-state index in [-0.39, 0.29) is 10.8 Å². The molecule has 0 aliphatic heterocycles. The van der Waals surface area contributed by atoms with Crippen LogP contribution in [0.2, 0.25) is 0 Å². The summed E-state index contributed by atoms with van der Waals surface area (Å²) in [6.45, 7) is 27.0. The molecular weight excluding hydrogens is 797 g/mol. The summed E-state index contributed by atoms with van der Waals surface area (Å²) in [5.74, 6) is 0.874. The van der Waals surface area contributed by atoms with Crippen molar-refractivity contribution in [2.75, 3.05) is 9.80 Å². The number of allylic oxidation sites excluding steroid dienone is 2. The molecule has 0 N–H and O–H groups in total. The molecule has 0 saturated heterocycles. The Morgan fingerprint density at radius 1 is 0.409 bits per heavy atom. The average molecular weight is 869 g/mol. The Balaban J connectivity index is 1.45. The fourth-order valence-electron chi connectivity index (χ4n) is 11.3. The predicted molar refractivity (Wildman–Crippen MR) is 289 cm³/mol. The highest BCUT2D eigenvalue weighted by Gasteiger charge is 2.34. The molecule has 338 valence electrons. The van der Waals surface area contributed by atoms with Gasteiger partial charge in [-0.2, -0.15) is 0 Å². The van der Waals surface area contributed by atoms with E-state index in [2.05, 4.69) is 212 Å². The van der Waals surface area contributed by atoms with Gasteiger partial charge >= 0.3 is 0 Å². The van der Waals surface area contributed by atoms with Crippen molar-refractivity contribution in [2.45, 2.75) is 142 Å². The topological polar surface area (TPSA) is 6.48 Å². The summed E-state index contributed by atoms with van der Waals surface area (Å²) in [7, 11) is 0. The standard InChI is InChI=1S/C64H72N2/c1-43(2)47-17-27-53(28-18-47)65(54-29-19-48(20-30-54)44(3)4)61-57-35-25-51(63(9)37-13-11-14-38-63)41-59(57)62(60-42-52(26-36-58(60)61)64(10)39-15-12-16-40-64)66(55-31-21-49(22-32-55)45(5)6)56-33-23-50(24-34-56)46(7)8/h17-36,41-42,44,46H,1,5,11-16,37-40H2,2-4,6-10H3. The molecule has 0 bridgehead atoms. The fraction of sp³-hybridized carbons (Fsp3) is 0.344. The van der Waals surface area contributed by atoms with Crippen LogP contribution in [-0.4, -0.2) is 0 Å². The third-order valence-electron chi connectivity index (χ3n) is 15.7. The van der Waals surface area contributed by atoms with Crippen LogP contribution in [0.25, 0.3) is 32.7 Å². The van der Waals surface area contributed by atoms with Crippen LogP contribution in [0.1, 0.15) is 165 Å². The molecule has 0 radical (unpaired) electrons. The number of hydrogen-bond acceptors (Lipinski definition) is 2. The molecule has 2 aliphatic carbocycles. The molecule has 0 spiro atoms. The first-order valence-corrected chi connectivity index (χ1v) is 25.1. The lowest BCUT2D eigenvalue weighted by Gasteiger charge is -2.37. The van der Waals surface area contributed by atoms with Gasteiger partial charge in [0.05, 0.1) is 11.4 Å². The van der Waals surface area contributed by atoms with Gasteiger partial charge < -0.3 is 9.80 Å². The van der Waals surface area contributed by atoms with E-state index < -0.39 is 0 Å². The normalized spacial score (nSPS) is 15.9. The first-order chi connectivity index (χ1) is 31.7. The molecule has 2 nitrogen and oxygen atoms in total. The van der Waals surface area contributed by atoms with Gasteiger partial charge in [-0.15, -0.1) is 0 Å². The molecular formula is C64H72N2. The summed E-state index contributed by atoms with van der Waals surface area (Å²) in [6.07, 6.45) is 12.6. The minimum Gasteiger partial charge on any atom is -0.309 e. The zero-order valence-corrected chi connectivity index (χ0v) is 41.2. The van der Waals surface area contributed by atoms with Gasteiger partial charge in [-0.05, 0) is 156 Å². The minimum atomic E-state index is 0.105. The summed E-state index contributed by atoms with van der Waals surface area (Å²) >= 11 is 0. The van der Waals surface area contributed by atoms with E-state index in [0.717, 1.165) is 45.0 Å². The second-order valence-electron chi connectivity index (χ2n) is 21.3. The van der Waals surface area contributed by atoms with Crippen LogP contribution in [0.3, 0.4) is 0 Å².